The summed E-state index contributed by atoms with van der Waals surface area (Å²) in [5.74, 6) is 0.0300. The molecule has 11 nitrogen and oxygen atoms in total. The number of fused-ring (bicyclic) bond motifs is 2. The Balaban J connectivity index is 0.00000230. The Bertz CT molecular complexity index is 1720. The number of carbonyl (C=O) groups excluding carboxylic acids is 2. The number of likely N-dealkylation sites (tertiary alicyclic amines) is 1. The molecule has 2 aromatic carbocycles. The van der Waals surface area contributed by atoms with E-state index in [9.17, 15) is 14.4 Å². The lowest BCUT2D eigenvalue weighted by Crippen LogP contribution is -2.57. The van der Waals surface area contributed by atoms with Crippen LogP contribution in [-0.2, 0) is 16.0 Å². The van der Waals surface area contributed by atoms with Gasteiger partial charge in [-0.2, -0.15) is 5.10 Å². The van der Waals surface area contributed by atoms with Crippen LogP contribution in [0.25, 0.3) is 21.8 Å². The van der Waals surface area contributed by atoms with Crippen LogP contribution in [0.2, 0.25) is 0 Å². The number of piperidine rings is 1. The number of hydrogen-bond donors (Lipinski definition) is 4. The normalized spacial score (nSPS) is 17.4. The van der Waals surface area contributed by atoms with E-state index in [0.29, 0.717) is 50.4 Å². The van der Waals surface area contributed by atoms with E-state index in [1.165, 1.54) is 12.8 Å². The molecule has 11 heteroatoms. The number of para-hydroxylation sites is 1. The van der Waals surface area contributed by atoms with Crippen molar-refractivity contribution in [1.82, 2.24) is 40.5 Å². The van der Waals surface area contributed by atoms with Gasteiger partial charge in [0, 0.05) is 55.2 Å². The molecular formula is C38H54N8O3. The quantitative estimate of drug-likeness (QED) is 0.126. The average molecular weight is 671 g/mol. The molecule has 0 aliphatic carbocycles. The van der Waals surface area contributed by atoms with E-state index in [0.717, 1.165) is 72.2 Å². The summed E-state index contributed by atoms with van der Waals surface area (Å²) in [5, 5.41) is 15.7. The molecular weight excluding hydrogens is 616 g/mol. The largest absolute Gasteiger partial charge is 0.359 e. The number of pyridine rings is 1. The summed E-state index contributed by atoms with van der Waals surface area (Å²) in [5.41, 5.74) is 4.60. The summed E-state index contributed by atoms with van der Waals surface area (Å²) in [6.07, 6.45) is 6.73. The number of rotatable bonds is 13. The van der Waals surface area contributed by atoms with Crippen LogP contribution in [0.5, 0.6) is 0 Å². The summed E-state index contributed by atoms with van der Waals surface area (Å²) in [4.78, 5) is 48.5. The molecule has 264 valence electrons. The van der Waals surface area contributed by atoms with E-state index in [-0.39, 0.29) is 17.4 Å². The van der Waals surface area contributed by atoms with Crippen LogP contribution >= 0.6 is 0 Å². The third kappa shape index (κ3) is 9.14. The molecule has 2 aromatic heterocycles. The highest BCUT2D eigenvalue weighted by molar-refractivity contribution is 5.84. The van der Waals surface area contributed by atoms with Crippen LogP contribution in [-0.4, -0.2) is 114 Å². The zero-order chi connectivity index (χ0) is 34.8. The first kappa shape index (κ1) is 36.2. The van der Waals surface area contributed by atoms with Crippen LogP contribution in [0.15, 0.2) is 53.5 Å². The maximum absolute atomic E-state index is 14.2. The minimum Gasteiger partial charge on any atom is -0.359 e. The molecule has 4 aromatic rings. The number of aromatic nitrogens is 3. The van der Waals surface area contributed by atoms with Crippen LogP contribution in [0, 0.1) is 6.92 Å². The van der Waals surface area contributed by atoms with E-state index < -0.39 is 6.04 Å². The maximum atomic E-state index is 14.2. The van der Waals surface area contributed by atoms with Crippen molar-refractivity contribution in [1.29, 1.82) is 0 Å². The molecule has 0 radical (unpaired) electrons. The Kier molecular flexibility index (Phi) is 13.0. The second-order valence-electron chi connectivity index (χ2n) is 13.3. The van der Waals surface area contributed by atoms with Crippen molar-refractivity contribution in [2.75, 3.05) is 59.4 Å². The number of carbonyl (C=O) groups is 2. The van der Waals surface area contributed by atoms with Crippen molar-refractivity contribution in [3.8, 4) is 0 Å². The van der Waals surface area contributed by atoms with Gasteiger partial charge < -0.3 is 25.4 Å². The molecule has 6 rings (SSSR count). The van der Waals surface area contributed by atoms with Gasteiger partial charge in [-0.15, -0.1) is 0 Å². The Labute approximate surface area is 289 Å². The first-order valence-corrected chi connectivity index (χ1v) is 18.1. The number of nitrogens with one attached hydrogen (secondary N) is 4. The van der Waals surface area contributed by atoms with Crippen molar-refractivity contribution in [2.24, 2.45) is 0 Å². The van der Waals surface area contributed by atoms with Gasteiger partial charge in [0.1, 0.15) is 0 Å². The van der Waals surface area contributed by atoms with E-state index >= 15 is 0 Å². The molecule has 4 N–H and O–H groups in total. The fourth-order valence-electron chi connectivity index (χ4n) is 7.47. The van der Waals surface area contributed by atoms with Crippen molar-refractivity contribution in [3.05, 3.63) is 75.7 Å². The molecule has 2 saturated heterocycles. The first-order chi connectivity index (χ1) is 23.9. The molecule has 0 saturated carbocycles. The van der Waals surface area contributed by atoms with Gasteiger partial charge in [-0.3, -0.25) is 24.4 Å². The standard InChI is InChI=1S/C36H48N8O3.C2H6/c1-25-19-26(20-29-23-39-41-34(25)29)21-33(36(47)44-17-15-43(16-18-44)30-9-13-42(2)14-10-30)38-12-8-27(7-11-37-24-45)31-22-28-5-3-4-6-32(28)40-35(31)46;1-2/h3-6,19-20,22-24,27,30,33,38H,7-18,21H2,1-2H3,(H,37,45)(H,39,41)(H,40,46);1-2H3. The zero-order valence-electron chi connectivity index (χ0n) is 29.6. The lowest BCUT2D eigenvalue weighted by molar-refractivity contribution is -0.135. The van der Waals surface area contributed by atoms with Gasteiger partial charge >= 0.3 is 0 Å². The zero-order valence-corrected chi connectivity index (χ0v) is 29.6. The van der Waals surface area contributed by atoms with Crippen molar-refractivity contribution in [2.45, 2.75) is 70.9 Å². The van der Waals surface area contributed by atoms with Crippen molar-refractivity contribution in [3.63, 3.8) is 0 Å². The molecule has 2 fully saturated rings. The summed E-state index contributed by atoms with van der Waals surface area (Å²) in [7, 11) is 2.19. The molecule has 4 heterocycles. The fraction of sp³-hybridized carbons (Fsp3) is 0.526. The van der Waals surface area contributed by atoms with E-state index in [2.05, 4.69) is 61.7 Å². The second kappa shape index (κ2) is 17.6. The summed E-state index contributed by atoms with van der Waals surface area (Å²) in [6, 6.07) is 14.2. The molecule has 2 aliphatic rings. The number of nitrogens with zero attached hydrogens (tertiary/aromatic N) is 4. The van der Waals surface area contributed by atoms with Crippen molar-refractivity contribution < 1.29 is 9.59 Å². The van der Waals surface area contributed by atoms with Gasteiger partial charge in [-0.1, -0.05) is 38.1 Å². The fourth-order valence-corrected chi connectivity index (χ4v) is 7.47. The topological polar surface area (TPSA) is 129 Å². The highest BCUT2D eigenvalue weighted by Gasteiger charge is 2.31. The molecule has 2 unspecified atom stereocenters. The van der Waals surface area contributed by atoms with Gasteiger partial charge in [0.25, 0.3) is 5.56 Å². The molecule has 49 heavy (non-hydrogen) atoms. The molecule has 2 amide bonds. The molecule has 0 spiro atoms. The summed E-state index contributed by atoms with van der Waals surface area (Å²) in [6.45, 7) is 12.6. The minimum atomic E-state index is -0.405. The number of H-pyrrole nitrogens is 2. The van der Waals surface area contributed by atoms with Gasteiger partial charge in [-0.05, 0) is 106 Å². The third-order valence-corrected chi connectivity index (χ3v) is 10.2. The number of hydrogen-bond acceptors (Lipinski definition) is 7. The van der Waals surface area contributed by atoms with Gasteiger partial charge in [0.05, 0.1) is 17.8 Å². The predicted molar refractivity (Wildman–Crippen MR) is 197 cm³/mol. The van der Waals surface area contributed by atoms with Crippen LogP contribution in [0.3, 0.4) is 0 Å². The Morgan fingerprint density at radius 3 is 2.49 bits per heavy atom. The van der Waals surface area contributed by atoms with E-state index in [4.69, 9.17) is 0 Å². The summed E-state index contributed by atoms with van der Waals surface area (Å²) < 4.78 is 0. The van der Waals surface area contributed by atoms with Crippen LogP contribution in [0.4, 0.5) is 0 Å². The third-order valence-electron chi connectivity index (χ3n) is 10.2. The number of benzene rings is 2. The smallest absolute Gasteiger partial charge is 0.251 e. The number of piperazine rings is 1. The highest BCUT2D eigenvalue weighted by atomic mass is 16.2. The first-order valence-electron chi connectivity index (χ1n) is 18.1. The second-order valence-corrected chi connectivity index (χ2v) is 13.3. The molecule has 2 atom stereocenters. The van der Waals surface area contributed by atoms with Gasteiger partial charge in [0.2, 0.25) is 12.3 Å². The molecule has 2 aliphatic heterocycles. The summed E-state index contributed by atoms with van der Waals surface area (Å²) >= 11 is 0. The Morgan fingerprint density at radius 1 is 1.00 bits per heavy atom. The maximum Gasteiger partial charge on any atom is 0.251 e. The lowest BCUT2D eigenvalue weighted by atomic mass is 9.92. The van der Waals surface area contributed by atoms with Crippen molar-refractivity contribution >= 4 is 34.1 Å². The van der Waals surface area contributed by atoms with Gasteiger partial charge in [-0.25, -0.2) is 0 Å². The average Bonchev–Trinajstić information content (AvgIpc) is 3.61. The van der Waals surface area contributed by atoms with Gasteiger partial charge in [0.15, 0.2) is 0 Å². The van der Waals surface area contributed by atoms with E-state index in [1.54, 1.807) is 0 Å². The predicted octanol–water partition coefficient (Wildman–Crippen LogP) is 3.79. The number of amides is 2. The number of aryl methyl sites for hydroxylation is 1. The Morgan fingerprint density at radius 2 is 1.73 bits per heavy atom. The van der Waals surface area contributed by atoms with Crippen LogP contribution < -0.4 is 16.2 Å². The van der Waals surface area contributed by atoms with E-state index in [1.807, 2.05) is 55.3 Å². The monoisotopic (exact) mass is 670 g/mol. The Hall–Kier alpha value is -4.06. The SMILES string of the molecule is CC.Cc1cc(CC(NCCC(CCNC=O)c2cc3ccccc3[nH]c2=O)C(=O)N2CCN(C3CCN(C)CC3)CC2)cc2cn[nH]c12. The lowest BCUT2D eigenvalue weighted by Gasteiger charge is -2.42. The number of aromatic amines is 2. The molecule has 0 bridgehead atoms. The highest BCUT2D eigenvalue weighted by Crippen LogP contribution is 2.24. The van der Waals surface area contributed by atoms with Crippen LogP contribution in [0.1, 0.15) is 62.1 Å². The minimum absolute atomic E-state index is 0.0957.